The number of hydrogen-bond donors (Lipinski definition) is 1. The number of amides is 1. The molecule has 5 aromatic carbocycles. The van der Waals surface area contributed by atoms with Gasteiger partial charge >= 0.3 is 12.1 Å². The van der Waals surface area contributed by atoms with Crippen molar-refractivity contribution in [1.29, 1.82) is 0 Å². The second-order valence-electron chi connectivity index (χ2n) is 13.3. The van der Waals surface area contributed by atoms with E-state index in [1.807, 2.05) is 78.6 Å². The van der Waals surface area contributed by atoms with Crippen LogP contribution in [0.5, 0.6) is 0 Å². The first-order valence-electron chi connectivity index (χ1n) is 17.8. The van der Waals surface area contributed by atoms with E-state index >= 15 is 0 Å². The minimum atomic E-state index is -4.47. The van der Waals surface area contributed by atoms with Crippen molar-refractivity contribution in [2.75, 3.05) is 33.4 Å². The number of carbonyl (C=O) groups excluding carboxylic acids is 2. The van der Waals surface area contributed by atoms with Crippen molar-refractivity contribution >= 4 is 11.9 Å². The van der Waals surface area contributed by atoms with Crippen molar-refractivity contribution in [3.63, 3.8) is 0 Å². The highest BCUT2D eigenvalue weighted by atomic mass is 19.4. The molecule has 1 N–H and O–H groups in total. The summed E-state index contributed by atoms with van der Waals surface area (Å²) in [5.74, 6) is -0.461. The molecule has 274 valence electrons. The third-order valence-electron chi connectivity index (χ3n) is 9.99. The van der Waals surface area contributed by atoms with Gasteiger partial charge in [-0.3, -0.25) is 9.69 Å². The van der Waals surface area contributed by atoms with Gasteiger partial charge in [0, 0.05) is 45.1 Å². The summed E-state index contributed by atoms with van der Waals surface area (Å²) in [6.07, 6.45) is -4.13. The van der Waals surface area contributed by atoms with Gasteiger partial charge in [0.1, 0.15) is 6.61 Å². The number of nitrogens with zero attached hydrogens (tertiary/aromatic N) is 1. The molecule has 53 heavy (non-hydrogen) atoms. The molecule has 1 amide bonds. The number of carbonyl (C=O) groups is 2. The Bertz CT molecular complexity index is 1950. The van der Waals surface area contributed by atoms with E-state index in [1.165, 1.54) is 35.4 Å². The lowest BCUT2D eigenvalue weighted by Crippen LogP contribution is -2.35. The fourth-order valence-corrected chi connectivity index (χ4v) is 7.06. The van der Waals surface area contributed by atoms with Crippen molar-refractivity contribution in [3.8, 4) is 11.1 Å². The quantitative estimate of drug-likeness (QED) is 0.109. The summed E-state index contributed by atoms with van der Waals surface area (Å²) in [5.41, 5.74) is 6.80. The lowest BCUT2D eigenvalue weighted by atomic mass is 9.93. The van der Waals surface area contributed by atoms with Crippen LogP contribution in [-0.2, 0) is 26.9 Å². The fraction of sp³-hybridized carbons (Fsp3) is 0.273. The summed E-state index contributed by atoms with van der Waals surface area (Å²) < 4.78 is 51.7. The van der Waals surface area contributed by atoms with E-state index in [4.69, 9.17) is 9.47 Å². The van der Waals surface area contributed by atoms with E-state index in [2.05, 4.69) is 29.6 Å². The van der Waals surface area contributed by atoms with Crippen molar-refractivity contribution < 1.29 is 32.2 Å². The number of fused-ring (bicyclic) bond motifs is 3. The molecule has 5 aromatic rings. The molecule has 6 nitrogen and oxygen atoms in total. The molecule has 0 saturated heterocycles. The monoisotopic (exact) mass is 720 g/mol. The van der Waals surface area contributed by atoms with Crippen molar-refractivity contribution in [2.24, 2.45) is 0 Å². The van der Waals surface area contributed by atoms with Gasteiger partial charge in [-0.05, 0) is 76.6 Å². The average Bonchev–Trinajstić information content (AvgIpc) is 3.49. The molecule has 0 saturated carbocycles. The first kappa shape index (κ1) is 37.5. The molecule has 0 fully saturated rings. The SMILES string of the molecule is COC(CN(CCOC(=O)c1ccc(CCNC(=O)CC2c3ccccc3-c3ccccc32)cc1)[C@@H](C)c1ccccc1)c1cccc(C(F)(F)F)c1. The van der Waals surface area contributed by atoms with E-state index in [1.54, 1.807) is 18.2 Å². The molecule has 0 radical (unpaired) electrons. The minimum Gasteiger partial charge on any atom is -0.461 e. The summed E-state index contributed by atoms with van der Waals surface area (Å²) in [6.45, 7) is 3.15. The Balaban J connectivity index is 1.01. The van der Waals surface area contributed by atoms with Crippen LogP contribution in [0.25, 0.3) is 11.1 Å². The normalized spacial score (nSPS) is 13.6. The highest BCUT2D eigenvalue weighted by Gasteiger charge is 2.32. The zero-order chi connectivity index (χ0) is 37.4. The molecule has 0 aromatic heterocycles. The van der Waals surface area contributed by atoms with Crippen LogP contribution in [0.3, 0.4) is 0 Å². The van der Waals surface area contributed by atoms with Crippen LogP contribution in [0.4, 0.5) is 13.2 Å². The molecule has 0 heterocycles. The summed E-state index contributed by atoms with van der Waals surface area (Å²) >= 11 is 0. The van der Waals surface area contributed by atoms with Crippen LogP contribution in [0.2, 0.25) is 0 Å². The molecular weight excluding hydrogens is 677 g/mol. The molecular formula is C44H43F3N2O4. The van der Waals surface area contributed by atoms with Crippen LogP contribution in [0.15, 0.2) is 127 Å². The lowest BCUT2D eigenvalue weighted by Gasteiger charge is -2.32. The fourth-order valence-electron chi connectivity index (χ4n) is 7.06. The molecule has 0 bridgehead atoms. The van der Waals surface area contributed by atoms with E-state index in [-0.39, 0.29) is 31.0 Å². The van der Waals surface area contributed by atoms with Gasteiger partial charge in [-0.15, -0.1) is 0 Å². The number of rotatable bonds is 15. The third-order valence-corrected chi connectivity index (χ3v) is 9.99. The van der Waals surface area contributed by atoms with E-state index in [0.29, 0.717) is 37.1 Å². The first-order chi connectivity index (χ1) is 25.6. The van der Waals surface area contributed by atoms with Crippen LogP contribution in [0.1, 0.15) is 75.1 Å². The average molecular weight is 721 g/mol. The van der Waals surface area contributed by atoms with Crippen molar-refractivity contribution in [3.05, 3.63) is 166 Å². The topological polar surface area (TPSA) is 67.9 Å². The van der Waals surface area contributed by atoms with Gasteiger partial charge in [0.05, 0.1) is 17.2 Å². The van der Waals surface area contributed by atoms with Crippen LogP contribution in [-0.4, -0.2) is 50.1 Å². The lowest BCUT2D eigenvalue weighted by molar-refractivity contribution is -0.137. The van der Waals surface area contributed by atoms with Crippen LogP contribution < -0.4 is 5.32 Å². The predicted molar refractivity (Wildman–Crippen MR) is 199 cm³/mol. The molecule has 1 aliphatic carbocycles. The van der Waals surface area contributed by atoms with Gasteiger partial charge in [0.25, 0.3) is 0 Å². The molecule has 0 spiro atoms. The highest BCUT2D eigenvalue weighted by Crippen LogP contribution is 2.46. The smallest absolute Gasteiger partial charge is 0.416 e. The Hall–Kier alpha value is -5.25. The van der Waals surface area contributed by atoms with Gasteiger partial charge in [-0.1, -0.05) is 103 Å². The Morgan fingerprint density at radius 1 is 0.792 bits per heavy atom. The second-order valence-corrected chi connectivity index (χ2v) is 13.3. The number of ether oxygens (including phenoxy) is 2. The first-order valence-corrected chi connectivity index (χ1v) is 17.8. The van der Waals surface area contributed by atoms with Crippen molar-refractivity contribution in [1.82, 2.24) is 10.2 Å². The zero-order valence-electron chi connectivity index (χ0n) is 29.8. The molecule has 1 unspecified atom stereocenters. The van der Waals surface area contributed by atoms with Crippen LogP contribution in [0, 0.1) is 0 Å². The molecule has 1 aliphatic rings. The Morgan fingerprint density at radius 2 is 1.42 bits per heavy atom. The Kier molecular flexibility index (Phi) is 12.1. The summed E-state index contributed by atoms with van der Waals surface area (Å²) in [6, 6.07) is 38.4. The second kappa shape index (κ2) is 17.1. The van der Waals surface area contributed by atoms with Crippen LogP contribution >= 0.6 is 0 Å². The number of benzene rings is 5. The zero-order valence-corrected chi connectivity index (χ0v) is 29.8. The maximum Gasteiger partial charge on any atom is 0.416 e. The number of esters is 1. The Labute approximate surface area is 308 Å². The number of methoxy groups -OCH3 is 1. The molecule has 6 rings (SSSR count). The van der Waals surface area contributed by atoms with Crippen molar-refractivity contribution in [2.45, 2.75) is 44.0 Å². The van der Waals surface area contributed by atoms with Gasteiger partial charge in [0.2, 0.25) is 5.91 Å². The van der Waals surface area contributed by atoms with Gasteiger partial charge < -0.3 is 14.8 Å². The van der Waals surface area contributed by atoms with Gasteiger partial charge in [-0.2, -0.15) is 13.2 Å². The number of halogens is 3. The number of alkyl halides is 3. The van der Waals surface area contributed by atoms with E-state index in [0.717, 1.165) is 23.3 Å². The Morgan fingerprint density at radius 3 is 2.06 bits per heavy atom. The summed E-state index contributed by atoms with van der Waals surface area (Å²) in [7, 11) is 1.47. The maximum absolute atomic E-state index is 13.5. The van der Waals surface area contributed by atoms with Gasteiger partial charge in [-0.25, -0.2) is 4.79 Å². The van der Waals surface area contributed by atoms with E-state index in [9.17, 15) is 22.8 Å². The maximum atomic E-state index is 13.5. The number of hydrogen-bond acceptors (Lipinski definition) is 5. The largest absolute Gasteiger partial charge is 0.461 e. The van der Waals surface area contributed by atoms with Gasteiger partial charge in [0.15, 0.2) is 0 Å². The third kappa shape index (κ3) is 9.22. The molecule has 2 atom stereocenters. The minimum absolute atomic E-state index is 0.0102. The number of nitrogens with one attached hydrogen (secondary N) is 1. The summed E-state index contributed by atoms with van der Waals surface area (Å²) in [4.78, 5) is 28.1. The molecule has 0 aliphatic heterocycles. The highest BCUT2D eigenvalue weighted by molar-refractivity contribution is 5.89. The standard InChI is InChI=1S/C44H43F3N2O4/c1-30(32-11-4-3-5-12-32)49(29-41(52-2)34-13-10-14-35(27-34)44(45,46)47)25-26-53-43(51)33-21-19-31(20-22-33)23-24-48-42(50)28-40-38-17-8-6-15-36(38)37-16-7-9-18-39(37)40/h3-22,27,30,40-41H,23-26,28-29H2,1-2H3,(H,48,50)/t30-,41?/m0/s1. The molecule has 9 heteroatoms. The predicted octanol–water partition coefficient (Wildman–Crippen LogP) is 9.17. The summed E-state index contributed by atoms with van der Waals surface area (Å²) in [5, 5.41) is 3.06. The van der Waals surface area contributed by atoms with E-state index < -0.39 is 23.8 Å².